The minimum Gasteiger partial charge on any atom is -0.0654 e. The van der Waals surface area contributed by atoms with Gasteiger partial charge in [0.05, 0.1) is 0 Å². The molecule has 0 aromatic carbocycles. The van der Waals surface area contributed by atoms with Gasteiger partial charge in [0, 0.05) is 0 Å². The average molecular weight is 212 g/mol. The lowest BCUT2D eigenvalue weighted by Gasteiger charge is -2.34. The van der Waals surface area contributed by atoms with Crippen LogP contribution in [0.15, 0.2) is 0 Å². The molecule has 0 saturated carbocycles. The van der Waals surface area contributed by atoms with Crippen LogP contribution in [0.3, 0.4) is 0 Å². The number of hydrogen-bond acceptors (Lipinski definition) is 0. The van der Waals surface area contributed by atoms with Crippen LogP contribution >= 0.6 is 0 Å². The fourth-order valence-electron chi connectivity index (χ4n) is 2.64. The molecular weight excluding hydrogens is 180 g/mol. The van der Waals surface area contributed by atoms with E-state index in [0.717, 1.165) is 29.6 Å². The van der Waals surface area contributed by atoms with Gasteiger partial charge in [-0.1, -0.05) is 61.3 Å². The first-order valence-corrected chi connectivity index (χ1v) is 6.91. The molecule has 92 valence electrons. The van der Waals surface area contributed by atoms with E-state index in [1.807, 2.05) is 0 Å². The third-order valence-electron chi connectivity index (χ3n) is 4.30. The van der Waals surface area contributed by atoms with E-state index in [-0.39, 0.29) is 0 Å². The largest absolute Gasteiger partial charge is 0.0654 e. The van der Waals surface area contributed by atoms with Gasteiger partial charge in [-0.3, -0.25) is 0 Å². The highest BCUT2D eigenvalue weighted by Crippen LogP contribution is 2.34. The van der Waals surface area contributed by atoms with Gasteiger partial charge in [0.25, 0.3) is 0 Å². The van der Waals surface area contributed by atoms with E-state index < -0.39 is 0 Å². The van der Waals surface area contributed by atoms with Crippen molar-refractivity contribution < 1.29 is 0 Å². The molecule has 0 aliphatic rings. The Hall–Kier alpha value is 0. The summed E-state index contributed by atoms with van der Waals surface area (Å²) in [5, 5.41) is 0. The highest BCUT2D eigenvalue weighted by Gasteiger charge is 2.26. The van der Waals surface area contributed by atoms with Gasteiger partial charge in [-0.15, -0.1) is 0 Å². The van der Waals surface area contributed by atoms with Crippen molar-refractivity contribution in [2.24, 2.45) is 29.6 Å². The zero-order valence-corrected chi connectivity index (χ0v) is 12.0. The Balaban J connectivity index is 4.33. The molecule has 0 aliphatic heterocycles. The topological polar surface area (TPSA) is 0 Å². The van der Waals surface area contributed by atoms with Crippen LogP contribution in [0.5, 0.6) is 0 Å². The van der Waals surface area contributed by atoms with E-state index in [2.05, 4.69) is 48.5 Å². The van der Waals surface area contributed by atoms with Gasteiger partial charge in [-0.25, -0.2) is 0 Å². The van der Waals surface area contributed by atoms with Crippen molar-refractivity contribution in [1.29, 1.82) is 0 Å². The summed E-state index contributed by atoms with van der Waals surface area (Å²) < 4.78 is 0. The first-order chi connectivity index (χ1) is 6.91. The molecule has 0 fully saturated rings. The molecule has 15 heavy (non-hydrogen) atoms. The summed E-state index contributed by atoms with van der Waals surface area (Å²) in [5.74, 6) is 4.31. The molecule has 0 rings (SSSR count). The van der Waals surface area contributed by atoms with Gasteiger partial charge >= 0.3 is 0 Å². The molecule has 0 radical (unpaired) electrons. The van der Waals surface area contributed by atoms with Crippen molar-refractivity contribution in [3.8, 4) is 0 Å². The van der Waals surface area contributed by atoms with Crippen molar-refractivity contribution in [3.05, 3.63) is 0 Å². The van der Waals surface area contributed by atoms with Crippen LogP contribution < -0.4 is 0 Å². The monoisotopic (exact) mass is 212 g/mol. The highest BCUT2D eigenvalue weighted by molar-refractivity contribution is 4.75. The molecule has 3 unspecified atom stereocenters. The second-order valence-corrected chi connectivity index (χ2v) is 6.01. The van der Waals surface area contributed by atoms with Gasteiger partial charge < -0.3 is 0 Å². The van der Waals surface area contributed by atoms with Crippen LogP contribution in [0.2, 0.25) is 0 Å². The molecule has 0 aromatic rings. The van der Waals surface area contributed by atoms with Gasteiger partial charge in [-0.05, 0) is 36.0 Å². The van der Waals surface area contributed by atoms with E-state index in [1.54, 1.807) is 0 Å². The van der Waals surface area contributed by atoms with Crippen LogP contribution in [0.4, 0.5) is 0 Å². The molecule has 0 spiro atoms. The smallest absolute Gasteiger partial charge is 0.0363 e. The predicted molar refractivity (Wildman–Crippen MR) is 71.0 cm³/mol. The third kappa shape index (κ3) is 5.04. The molecule has 0 nitrogen and oxygen atoms in total. The molecule has 0 amide bonds. The van der Waals surface area contributed by atoms with Gasteiger partial charge in [0.2, 0.25) is 0 Å². The van der Waals surface area contributed by atoms with Crippen LogP contribution in [0.1, 0.15) is 67.7 Å². The van der Waals surface area contributed by atoms with Gasteiger partial charge in [0.15, 0.2) is 0 Å². The highest BCUT2D eigenvalue weighted by atomic mass is 14.3. The molecule has 0 saturated heterocycles. The van der Waals surface area contributed by atoms with Crippen LogP contribution in [-0.4, -0.2) is 0 Å². The molecule has 0 aromatic heterocycles. The standard InChI is InChI=1S/C15H32/c1-8-9-10-15(12(4)5)14(7)13(6)11(2)3/h11-15H,8-10H2,1-7H3. The fraction of sp³-hybridized carbons (Fsp3) is 1.00. The van der Waals surface area contributed by atoms with Crippen molar-refractivity contribution in [1.82, 2.24) is 0 Å². The number of rotatable bonds is 7. The summed E-state index contributed by atoms with van der Waals surface area (Å²) in [5.41, 5.74) is 0. The Morgan fingerprint density at radius 2 is 1.27 bits per heavy atom. The van der Waals surface area contributed by atoms with Crippen molar-refractivity contribution in [3.63, 3.8) is 0 Å². The van der Waals surface area contributed by atoms with Crippen molar-refractivity contribution in [2.75, 3.05) is 0 Å². The summed E-state index contributed by atoms with van der Waals surface area (Å²) in [6.45, 7) is 16.7. The Kier molecular flexibility index (Phi) is 7.30. The molecule has 0 heteroatoms. The first kappa shape index (κ1) is 15.0. The quantitative estimate of drug-likeness (QED) is 0.531. The lowest BCUT2D eigenvalue weighted by Crippen LogP contribution is -2.26. The maximum atomic E-state index is 2.46. The van der Waals surface area contributed by atoms with E-state index in [0.29, 0.717) is 0 Å². The summed E-state index contributed by atoms with van der Waals surface area (Å²) >= 11 is 0. The maximum Gasteiger partial charge on any atom is -0.0363 e. The molecule has 0 heterocycles. The molecule has 0 bridgehead atoms. The second-order valence-electron chi connectivity index (χ2n) is 6.01. The van der Waals surface area contributed by atoms with E-state index in [1.165, 1.54) is 19.3 Å². The number of hydrogen-bond donors (Lipinski definition) is 0. The Morgan fingerprint density at radius 3 is 1.60 bits per heavy atom. The van der Waals surface area contributed by atoms with E-state index in [4.69, 9.17) is 0 Å². The van der Waals surface area contributed by atoms with Crippen molar-refractivity contribution >= 4 is 0 Å². The normalized spacial score (nSPS) is 18.2. The maximum absolute atomic E-state index is 2.46. The predicted octanol–water partition coefficient (Wildman–Crippen LogP) is 5.38. The van der Waals surface area contributed by atoms with Crippen molar-refractivity contribution in [2.45, 2.75) is 67.7 Å². The van der Waals surface area contributed by atoms with Crippen LogP contribution in [0.25, 0.3) is 0 Å². The lowest BCUT2D eigenvalue weighted by atomic mass is 9.72. The van der Waals surface area contributed by atoms with E-state index in [9.17, 15) is 0 Å². The summed E-state index contributed by atoms with van der Waals surface area (Å²) in [6, 6.07) is 0. The zero-order valence-electron chi connectivity index (χ0n) is 12.0. The number of unbranched alkanes of at least 4 members (excludes halogenated alkanes) is 1. The molecule has 0 aliphatic carbocycles. The van der Waals surface area contributed by atoms with Crippen LogP contribution in [0, 0.1) is 29.6 Å². The van der Waals surface area contributed by atoms with Gasteiger partial charge in [-0.2, -0.15) is 0 Å². The Bertz CT molecular complexity index is 146. The SMILES string of the molecule is CCCCC(C(C)C)C(C)C(C)C(C)C. The van der Waals surface area contributed by atoms with Gasteiger partial charge in [0.1, 0.15) is 0 Å². The summed E-state index contributed by atoms with van der Waals surface area (Å²) in [4.78, 5) is 0. The molecule has 3 atom stereocenters. The average Bonchev–Trinajstić information content (AvgIpc) is 2.16. The minimum atomic E-state index is 0.822. The summed E-state index contributed by atoms with van der Waals surface area (Å²) in [6.07, 6.45) is 4.16. The lowest BCUT2D eigenvalue weighted by molar-refractivity contribution is 0.157. The first-order valence-electron chi connectivity index (χ1n) is 6.91. The molecule has 0 N–H and O–H groups in total. The zero-order chi connectivity index (χ0) is 12.0. The van der Waals surface area contributed by atoms with Crippen LogP contribution in [-0.2, 0) is 0 Å². The summed E-state index contributed by atoms with van der Waals surface area (Å²) in [7, 11) is 0. The third-order valence-corrected chi connectivity index (χ3v) is 4.30. The second kappa shape index (κ2) is 7.30. The Labute approximate surface area is 97.8 Å². The van der Waals surface area contributed by atoms with E-state index >= 15 is 0 Å². The minimum absolute atomic E-state index is 0.822. The fourth-order valence-corrected chi connectivity index (χ4v) is 2.64. The molecular formula is C15H32. The Morgan fingerprint density at radius 1 is 0.733 bits per heavy atom.